The third kappa shape index (κ3) is 1.37. The second-order valence-electron chi connectivity index (χ2n) is 1.43. The van der Waals surface area contributed by atoms with Crippen LogP contribution in [0.15, 0.2) is 21.5 Å². The summed E-state index contributed by atoms with van der Waals surface area (Å²) in [5, 5.41) is 6.95. The number of hydrogen-bond donors (Lipinski definition) is 0. The molecule has 1 rings (SSSR count). The van der Waals surface area contributed by atoms with E-state index >= 15 is 0 Å². The van der Waals surface area contributed by atoms with Gasteiger partial charge in [-0.2, -0.15) is 5.11 Å². The summed E-state index contributed by atoms with van der Waals surface area (Å²) >= 11 is 8.52. The fraction of sp³-hybridized carbons (Fsp3) is 0.250. The van der Waals surface area contributed by atoms with E-state index in [1.54, 1.807) is 0 Å². The second kappa shape index (κ2) is 2.58. The first-order chi connectivity index (χ1) is 4.22. The molecule has 0 aromatic rings. The van der Waals surface area contributed by atoms with Crippen LogP contribution < -0.4 is 0 Å². The average molecular weight is 209 g/mol. The molecule has 0 fully saturated rings. The fourth-order valence-corrected chi connectivity index (χ4v) is 0.722. The lowest BCUT2D eigenvalue weighted by Crippen LogP contribution is -2.12. The third-order valence-electron chi connectivity index (χ3n) is 0.796. The molecule has 0 spiro atoms. The van der Waals surface area contributed by atoms with Crippen LogP contribution in [0.4, 0.5) is 0 Å². The van der Waals surface area contributed by atoms with Gasteiger partial charge >= 0.3 is 0 Å². The molecule has 1 aliphatic heterocycles. The minimum atomic E-state index is -0.489. The topological polar surface area (TPSA) is 41.8 Å². The molecule has 3 nitrogen and oxygen atoms in total. The third-order valence-corrected chi connectivity index (χ3v) is 2.26. The van der Waals surface area contributed by atoms with Crippen molar-refractivity contribution in [3.05, 3.63) is 11.2 Å². The Labute approximate surface area is 64.9 Å². The van der Waals surface area contributed by atoms with E-state index < -0.39 is 4.83 Å². The number of rotatable bonds is 0. The highest BCUT2D eigenvalue weighted by Gasteiger charge is 2.20. The van der Waals surface area contributed by atoms with E-state index in [0.29, 0.717) is 5.03 Å². The van der Waals surface area contributed by atoms with Gasteiger partial charge in [0.25, 0.3) is 5.91 Å². The molecular formula is C4H2BrClN2O. The zero-order valence-corrected chi connectivity index (χ0v) is 6.56. The lowest BCUT2D eigenvalue weighted by atomic mass is 10.4. The van der Waals surface area contributed by atoms with Gasteiger partial charge in [0.15, 0.2) is 0 Å². The van der Waals surface area contributed by atoms with E-state index in [-0.39, 0.29) is 5.91 Å². The van der Waals surface area contributed by atoms with Gasteiger partial charge in [0.05, 0.1) is 11.2 Å². The summed E-state index contributed by atoms with van der Waals surface area (Å²) in [5.41, 5.74) is 0. The molecule has 1 heterocycles. The molecule has 0 aliphatic carbocycles. The van der Waals surface area contributed by atoms with E-state index in [4.69, 9.17) is 11.6 Å². The molecule has 0 N–H and O–H groups in total. The van der Waals surface area contributed by atoms with Crippen LogP contribution in [0.5, 0.6) is 0 Å². The van der Waals surface area contributed by atoms with E-state index in [2.05, 4.69) is 26.2 Å². The SMILES string of the molecule is O=C1N=NC=C(Cl)C1Br. The van der Waals surface area contributed by atoms with E-state index in [1.807, 2.05) is 0 Å². The molecular weight excluding hydrogens is 207 g/mol. The smallest absolute Gasteiger partial charge is 0.269 e. The van der Waals surface area contributed by atoms with Gasteiger partial charge in [0.2, 0.25) is 0 Å². The Balaban J connectivity index is 2.86. The zero-order chi connectivity index (χ0) is 6.85. The number of nitrogens with zero attached hydrogens (tertiary/aromatic N) is 2. The van der Waals surface area contributed by atoms with Crippen molar-refractivity contribution in [1.29, 1.82) is 0 Å². The zero-order valence-electron chi connectivity index (χ0n) is 4.21. The summed E-state index contributed by atoms with van der Waals surface area (Å²) in [6, 6.07) is 0. The summed E-state index contributed by atoms with van der Waals surface area (Å²) in [4.78, 5) is 10.1. The first-order valence-corrected chi connectivity index (χ1v) is 3.45. The molecule has 0 saturated heterocycles. The number of amides is 1. The second-order valence-corrected chi connectivity index (χ2v) is 2.78. The predicted octanol–water partition coefficient (Wildman–Crippen LogP) is 1.82. The van der Waals surface area contributed by atoms with Crippen molar-refractivity contribution in [2.24, 2.45) is 10.2 Å². The normalized spacial score (nSPS) is 26.2. The summed E-state index contributed by atoms with van der Waals surface area (Å²) in [7, 11) is 0. The molecule has 1 amide bonds. The van der Waals surface area contributed by atoms with Crippen molar-refractivity contribution in [3.63, 3.8) is 0 Å². The van der Waals surface area contributed by atoms with Crippen molar-refractivity contribution in [1.82, 2.24) is 0 Å². The number of azo groups is 1. The monoisotopic (exact) mass is 208 g/mol. The first-order valence-electron chi connectivity index (χ1n) is 2.16. The van der Waals surface area contributed by atoms with Gasteiger partial charge in [0.1, 0.15) is 4.83 Å². The molecule has 1 atom stereocenters. The molecule has 0 aromatic heterocycles. The molecule has 1 aliphatic rings. The minimum Gasteiger partial charge on any atom is -0.269 e. The van der Waals surface area contributed by atoms with Gasteiger partial charge in [-0.25, -0.2) is 0 Å². The lowest BCUT2D eigenvalue weighted by Gasteiger charge is -2.03. The fourth-order valence-electron chi connectivity index (χ4n) is 0.375. The standard InChI is InChI=1S/C4H2BrClN2O/c5-3-2(6)1-7-8-4(3)9/h1,3H. The molecule has 9 heavy (non-hydrogen) atoms. The first kappa shape index (κ1) is 6.89. The molecule has 5 heteroatoms. The maximum atomic E-state index is 10.6. The van der Waals surface area contributed by atoms with Crippen LogP contribution >= 0.6 is 27.5 Å². The highest BCUT2D eigenvalue weighted by molar-refractivity contribution is 9.10. The Morgan fingerprint density at radius 1 is 1.78 bits per heavy atom. The van der Waals surface area contributed by atoms with E-state index in [1.165, 1.54) is 6.20 Å². The van der Waals surface area contributed by atoms with Crippen molar-refractivity contribution >= 4 is 33.4 Å². The van der Waals surface area contributed by atoms with Crippen LogP contribution in [0.3, 0.4) is 0 Å². The van der Waals surface area contributed by atoms with Gasteiger partial charge < -0.3 is 0 Å². The Kier molecular flexibility index (Phi) is 1.97. The Hall–Kier alpha value is -0.220. The minimum absolute atomic E-state index is 0.359. The number of halogens is 2. The maximum Gasteiger partial charge on any atom is 0.283 e. The quantitative estimate of drug-likeness (QED) is 0.561. The number of alkyl halides is 1. The summed E-state index contributed by atoms with van der Waals surface area (Å²) in [5.74, 6) is -0.359. The molecule has 0 radical (unpaired) electrons. The highest BCUT2D eigenvalue weighted by atomic mass is 79.9. The lowest BCUT2D eigenvalue weighted by molar-refractivity contribution is -0.117. The van der Waals surface area contributed by atoms with Gasteiger partial charge in [-0.3, -0.25) is 4.79 Å². The van der Waals surface area contributed by atoms with Gasteiger partial charge in [-0.15, -0.1) is 5.11 Å². The predicted molar refractivity (Wildman–Crippen MR) is 36.5 cm³/mol. The Morgan fingerprint density at radius 2 is 2.44 bits per heavy atom. The van der Waals surface area contributed by atoms with Crippen LogP contribution in [0.1, 0.15) is 0 Å². The van der Waals surface area contributed by atoms with Gasteiger partial charge in [-0.05, 0) is 0 Å². The summed E-state index contributed by atoms with van der Waals surface area (Å²) < 4.78 is 0. The van der Waals surface area contributed by atoms with Gasteiger partial charge in [0, 0.05) is 0 Å². The van der Waals surface area contributed by atoms with E-state index in [9.17, 15) is 4.79 Å². The van der Waals surface area contributed by atoms with Crippen molar-refractivity contribution < 1.29 is 4.79 Å². The van der Waals surface area contributed by atoms with Crippen LogP contribution in [0, 0.1) is 0 Å². The number of hydrogen-bond acceptors (Lipinski definition) is 2. The van der Waals surface area contributed by atoms with Crippen molar-refractivity contribution in [2.45, 2.75) is 4.83 Å². The molecule has 48 valence electrons. The molecule has 0 saturated carbocycles. The van der Waals surface area contributed by atoms with Crippen molar-refractivity contribution in [2.75, 3.05) is 0 Å². The number of carbonyl (C=O) groups is 1. The number of carbonyl (C=O) groups excluding carboxylic acids is 1. The van der Waals surface area contributed by atoms with Crippen molar-refractivity contribution in [3.8, 4) is 0 Å². The van der Waals surface area contributed by atoms with Gasteiger partial charge in [-0.1, -0.05) is 27.5 Å². The average Bonchev–Trinajstić information content (AvgIpc) is 1.83. The largest absolute Gasteiger partial charge is 0.283 e. The molecule has 1 unspecified atom stereocenters. The van der Waals surface area contributed by atoms with Crippen LogP contribution in [0.25, 0.3) is 0 Å². The summed E-state index contributed by atoms with van der Waals surface area (Å²) in [6.07, 6.45) is 1.34. The molecule has 0 bridgehead atoms. The Bertz CT molecular complexity index is 201. The summed E-state index contributed by atoms with van der Waals surface area (Å²) in [6.45, 7) is 0. The van der Waals surface area contributed by atoms with E-state index in [0.717, 1.165) is 0 Å². The van der Waals surface area contributed by atoms with Crippen LogP contribution in [-0.2, 0) is 4.79 Å². The van der Waals surface area contributed by atoms with Crippen LogP contribution in [0.2, 0.25) is 0 Å². The van der Waals surface area contributed by atoms with Crippen LogP contribution in [-0.4, -0.2) is 10.7 Å². The highest BCUT2D eigenvalue weighted by Crippen LogP contribution is 2.21. The Morgan fingerprint density at radius 3 is 2.89 bits per heavy atom. The maximum absolute atomic E-state index is 10.6. The molecule has 0 aromatic carbocycles.